The molecule has 9 nitrogen and oxygen atoms in total. The predicted octanol–water partition coefficient (Wildman–Crippen LogP) is 2.01. The molecule has 208 valence electrons. The fraction of sp³-hybridized carbons (Fsp3) is 0.821. The first-order valence-corrected chi connectivity index (χ1v) is 13.1. The van der Waals surface area contributed by atoms with Crippen LogP contribution in [0.4, 0.5) is 0 Å². The molecular weight excluding hydrogens is 480 g/mol. The van der Waals surface area contributed by atoms with Gasteiger partial charge in [-0.2, -0.15) is 0 Å². The molecule has 2 bridgehead atoms. The molecule has 1 saturated heterocycles. The van der Waals surface area contributed by atoms with Gasteiger partial charge in [-0.15, -0.1) is 0 Å². The molecular formula is C28H42O9. The maximum absolute atomic E-state index is 14.6. The van der Waals surface area contributed by atoms with Crippen LogP contribution in [0.1, 0.15) is 61.3 Å². The monoisotopic (exact) mass is 522 g/mol. The van der Waals surface area contributed by atoms with E-state index in [9.17, 15) is 24.6 Å². The second kappa shape index (κ2) is 8.95. The van der Waals surface area contributed by atoms with Crippen LogP contribution in [0, 0.1) is 28.6 Å². The standard InChI is InChI=1S/C28H42O9/c1-13(16(4)29)24(31)37-17-11-28(33)15(3)22-26(7,18(34-8)10-19-27(22,32)12-36-19)23(30)21(35-9)20(14(17)2)25(28,5)6/h13,15,17-19,21-22,32-33H,10-12H2,1-9H3/t13?,15?,17?,18?,19?,21?,22?,26-,27+,28?/m1/s1. The van der Waals surface area contributed by atoms with Crippen molar-refractivity contribution in [3.05, 3.63) is 11.1 Å². The van der Waals surface area contributed by atoms with Crippen molar-refractivity contribution in [2.45, 2.75) is 96.9 Å². The van der Waals surface area contributed by atoms with Gasteiger partial charge >= 0.3 is 5.97 Å². The number of Topliss-reactive ketones (excluding diaryl/α,β-unsaturated/α-hetero) is 2. The highest BCUT2D eigenvalue weighted by Gasteiger charge is 2.74. The number of ether oxygens (including phenoxy) is 4. The highest BCUT2D eigenvalue weighted by atomic mass is 16.6. The lowest BCUT2D eigenvalue weighted by Gasteiger charge is -2.68. The Labute approximate surface area is 218 Å². The molecule has 1 aliphatic heterocycles. The first-order chi connectivity index (χ1) is 17.0. The maximum Gasteiger partial charge on any atom is 0.316 e. The van der Waals surface area contributed by atoms with E-state index in [4.69, 9.17) is 18.9 Å². The Morgan fingerprint density at radius 1 is 1.14 bits per heavy atom. The minimum atomic E-state index is -1.51. The summed E-state index contributed by atoms with van der Waals surface area (Å²) in [6.45, 7) is 12.1. The van der Waals surface area contributed by atoms with Crippen molar-refractivity contribution in [2.24, 2.45) is 28.6 Å². The van der Waals surface area contributed by atoms with Gasteiger partial charge in [-0.1, -0.05) is 20.8 Å². The Balaban J connectivity index is 1.95. The fourth-order valence-electron chi connectivity index (χ4n) is 8.03. The van der Waals surface area contributed by atoms with E-state index in [0.717, 1.165) is 0 Å². The van der Waals surface area contributed by atoms with Crippen molar-refractivity contribution in [3.8, 4) is 0 Å². The number of aliphatic hydroxyl groups is 2. The summed E-state index contributed by atoms with van der Waals surface area (Å²) in [5, 5.41) is 24.6. The summed E-state index contributed by atoms with van der Waals surface area (Å²) in [5.74, 6) is -3.55. The number of carbonyl (C=O) groups excluding carboxylic acids is 3. The average molecular weight is 523 g/mol. The zero-order valence-corrected chi connectivity index (χ0v) is 23.4. The van der Waals surface area contributed by atoms with Crippen molar-refractivity contribution in [1.29, 1.82) is 0 Å². The third-order valence-corrected chi connectivity index (χ3v) is 10.5. The van der Waals surface area contributed by atoms with Crippen LogP contribution in [0.25, 0.3) is 0 Å². The molecule has 4 aliphatic rings. The number of carbonyl (C=O) groups is 3. The van der Waals surface area contributed by atoms with E-state index in [0.29, 0.717) is 17.6 Å². The zero-order valence-electron chi connectivity index (χ0n) is 23.4. The summed E-state index contributed by atoms with van der Waals surface area (Å²) < 4.78 is 23.3. The second-order valence-corrected chi connectivity index (χ2v) is 12.4. The number of hydrogen-bond acceptors (Lipinski definition) is 9. The predicted molar refractivity (Wildman–Crippen MR) is 132 cm³/mol. The molecule has 3 fully saturated rings. The molecule has 2 N–H and O–H groups in total. The van der Waals surface area contributed by atoms with Crippen LogP contribution < -0.4 is 0 Å². The van der Waals surface area contributed by atoms with Crippen molar-refractivity contribution in [3.63, 3.8) is 0 Å². The minimum Gasteiger partial charge on any atom is -0.457 e. The number of rotatable bonds is 5. The summed E-state index contributed by atoms with van der Waals surface area (Å²) in [6, 6.07) is 0. The van der Waals surface area contributed by atoms with Gasteiger partial charge in [0.25, 0.3) is 0 Å². The zero-order chi connectivity index (χ0) is 27.9. The lowest BCUT2D eigenvalue weighted by molar-refractivity contribution is -0.337. The third-order valence-electron chi connectivity index (χ3n) is 10.5. The highest BCUT2D eigenvalue weighted by molar-refractivity contribution is 5.97. The molecule has 37 heavy (non-hydrogen) atoms. The Hall–Kier alpha value is -1.65. The van der Waals surface area contributed by atoms with Crippen LogP contribution in [0.2, 0.25) is 0 Å². The van der Waals surface area contributed by atoms with E-state index in [2.05, 4.69) is 0 Å². The van der Waals surface area contributed by atoms with E-state index in [1.54, 1.807) is 14.0 Å². The molecule has 1 heterocycles. The minimum absolute atomic E-state index is 0.0450. The largest absolute Gasteiger partial charge is 0.457 e. The topological polar surface area (TPSA) is 129 Å². The molecule has 0 aromatic carbocycles. The van der Waals surface area contributed by atoms with Gasteiger partial charge < -0.3 is 29.2 Å². The second-order valence-electron chi connectivity index (χ2n) is 12.4. The Kier molecular flexibility index (Phi) is 6.86. The maximum atomic E-state index is 14.6. The highest BCUT2D eigenvalue weighted by Crippen LogP contribution is 2.65. The van der Waals surface area contributed by atoms with Gasteiger partial charge in [0.05, 0.1) is 29.8 Å². The van der Waals surface area contributed by atoms with Gasteiger partial charge in [-0.05, 0) is 44.8 Å². The molecule has 0 radical (unpaired) electrons. The lowest BCUT2D eigenvalue weighted by Crippen LogP contribution is -2.79. The van der Waals surface area contributed by atoms with Crippen LogP contribution in [-0.2, 0) is 33.3 Å². The van der Waals surface area contributed by atoms with Crippen LogP contribution in [0.3, 0.4) is 0 Å². The van der Waals surface area contributed by atoms with Gasteiger partial charge in [0.1, 0.15) is 29.5 Å². The molecule has 0 spiro atoms. The SMILES string of the molecule is COC1C(=O)[C@]2(C)C(OC)CC3OC[C@@]3(O)C2C(C)C2(O)CC(OC(=O)C(C)C(C)=O)C(C)=C1C2(C)C. The van der Waals surface area contributed by atoms with Crippen LogP contribution in [0.15, 0.2) is 11.1 Å². The normalized spacial score (nSPS) is 45.5. The molecule has 0 aromatic heterocycles. The van der Waals surface area contributed by atoms with E-state index in [1.807, 2.05) is 27.7 Å². The van der Waals surface area contributed by atoms with E-state index < -0.39 is 70.2 Å². The van der Waals surface area contributed by atoms with Crippen LogP contribution in [0.5, 0.6) is 0 Å². The summed E-state index contributed by atoms with van der Waals surface area (Å²) in [5.41, 5.74) is -3.83. The average Bonchev–Trinajstić information content (AvgIpc) is 2.82. The summed E-state index contributed by atoms with van der Waals surface area (Å²) in [4.78, 5) is 39.2. The molecule has 10 atom stereocenters. The van der Waals surface area contributed by atoms with Gasteiger partial charge in [-0.25, -0.2) is 0 Å². The molecule has 4 rings (SSSR count). The van der Waals surface area contributed by atoms with Gasteiger partial charge in [0, 0.05) is 38.4 Å². The number of hydrogen-bond donors (Lipinski definition) is 2. The lowest BCUT2D eigenvalue weighted by atomic mass is 9.42. The van der Waals surface area contributed by atoms with Gasteiger partial charge in [0.2, 0.25) is 0 Å². The van der Waals surface area contributed by atoms with Crippen LogP contribution >= 0.6 is 0 Å². The third kappa shape index (κ3) is 3.57. The number of methoxy groups -OCH3 is 2. The quantitative estimate of drug-likeness (QED) is 0.316. The van der Waals surface area contributed by atoms with Gasteiger partial charge in [-0.3, -0.25) is 14.4 Å². The van der Waals surface area contributed by atoms with E-state index >= 15 is 0 Å². The van der Waals surface area contributed by atoms with Gasteiger partial charge in [0.15, 0.2) is 5.78 Å². The number of fused-ring (bicyclic) bond motifs is 5. The molecule has 9 heteroatoms. The molecule has 0 amide bonds. The van der Waals surface area contributed by atoms with Crippen molar-refractivity contribution < 1.29 is 43.5 Å². The van der Waals surface area contributed by atoms with Crippen molar-refractivity contribution >= 4 is 17.5 Å². The number of esters is 1. The Morgan fingerprint density at radius 3 is 2.24 bits per heavy atom. The first kappa shape index (κ1) is 28.4. The Morgan fingerprint density at radius 2 is 1.76 bits per heavy atom. The summed E-state index contributed by atoms with van der Waals surface area (Å²) in [7, 11) is 2.99. The Bertz CT molecular complexity index is 1030. The smallest absolute Gasteiger partial charge is 0.316 e. The molecule has 0 aromatic rings. The molecule has 8 unspecified atom stereocenters. The van der Waals surface area contributed by atoms with E-state index in [-0.39, 0.29) is 24.6 Å². The number of ketones is 2. The fourth-order valence-corrected chi connectivity index (χ4v) is 8.03. The molecule has 3 aliphatic carbocycles. The van der Waals surface area contributed by atoms with E-state index in [1.165, 1.54) is 21.0 Å². The summed E-state index contributed by atoms with van der Waals surface area (Å²) >= 11 is 0. The van der Waals surface area contributed by atoms with Crippen molar-refractivity contribution in [2.75, 3.05) is 20.8 Å². The first-order valence-electron chi connectivity index (χ1n) is 13.1. The van der Waals surface area contributed by atoms with Crippen molar-refractivity contribution in [1.82, 2.24) is 0 Å². The van der Waals surface area contributed by atoms with Crippen LogP contribution in [-0.4, -0.2) is 84.2 Å². The summed E-state index contributed by atoms with van der Waals surface area (Å²) in [6.07, 6.45) is -2.63. The molecule has 2 saturated carbocycles.